The molecule has 0 atom stereocenters. The zero-order valence-electron chi connectivity index (χ0n) is 7.71. The zero-order valence-corrected chi connectivity index (χ0v) is 8.53. The molecule has 1 aromatic rings. The van der Waals surface area contributed by atoms with Crippen molar-refractivity contribution in [2.24, 2.45) is 10.9 Å². The highest BCUT2D eigenvalue weighted by Gasteiger charge is 2.25. The molecule has 0 radical (unpaired) electrons. The minimum atomic E-state index is -0.728. The second kappa shape index (κ2) is 3.81. The Hall–Kier alpha value is -1.70. The van der Waals surface area contributed by atoms with Gasteiger partial charge in [-0.2, -0.15) is 9.36 Å². The van der Waals surface area contributed by atoms with Gasteiger partial charge in [-0.25, -0.2) is 0 Å². The van der Waals surface area contributed by atoms with Crippen LogP contribution in [0.15, 0.2) is 5.16 Å². The van der Waals surface area contributed by atoms with Gasteiger partial charge < -0.3 is 16.3 Å². The molecule has 0 aromatic carbocycles. The van der Waals surface area contributed by atoms with Crippen molar-refractivity contribution in [1.82, 2.24) is 9.36 Å². The Morgan fingerprint density at radius 3 is 2.80 bits per heavy atom. The van der Waals surface area contributed by atoms with Crippen LogP contribution in [-0.2, 0) is 9.63 Å². The van der Waals surface area contributed by atoms with Crippen LogP contribution in [0.4, 0.5) is 5.13 Å². The van der Waals surface area contributed by atoms with Gasteiger partial charge in [-0.05, 0) is 12.8 Å². The Kier molecular flexibility index (Phi) is 2.50. The maximum atomic E-state index is 11.0. The summed E-state index contributed by atoms with van der Waals surface area (Å²) in [4.78, 5) is 19.9. The zero-order chi connectivity index (χ0) is 10.8. The van der Waals surface area contributed by atoms with E-state index in [0.717, 1.165) is 24.4 Å². The summed E-state index contributed by atoms with van der Waals surface area (Å²) in [7, 11) is 0. The van der Waals surface area contributed by atoms with Gasteiger partial charge in [-0.1, -0.05) is 5.16 Å². The van der Waals surface area contributed by atoms with E-state index in [1.807, 2.05) is 0 Å². The molecule has 0 spiro atoms. The third-order valence-corrected chi connectivity index (χ3v) is 2.25. The number of hydrogen-bond acceptors (Lipinski definition) is 7. The first-order valence-electron chi connectivity index (χ1n) is 4.30. The van der Waals surface area contributed by atoms with Crippen molar-refractivity contribution in [1.29, 1.82) is 0 Å². The van der Waals surface area contributed by atoms with Crippen molar-refractivity contribution >= 4 is 28.3 Å². The third kappa shape index (κ3) is 2.40. The summed E-state index contributed by atoms with van der Waals surface area (Å²) < 4.78 is 3.83. The van der Waals surface area contributed by atoms with Crippen LogP contribution in [0.25, 0.3) is 0 Å². The van der Waals surface area contributed by atoms with E-state index in [1.165, 1.54) is 0 Å². The molecule has 80 valence electrons. The predicted molar refractivity (Wildman–Crippen MR) is 54.2 cm³/mol. The molecule has 4 N–H and O–H groups in total. The molecular formula is C7H9N5O2S. The molecule has 8 heteroatoms. The predicted octanol–water partition coefficient (Wildman–Crippen LogP) is -0.511. The molecule has 1 heterocycles. The standard InChI is InChI=1S/C7H9N5O2S/c8-5(13)4(11-14-3-1-2-3)6-10-7(9)15-12-6/h3H,1-2H2,(H2,8,13)(H2,9,10,12). The van der Waals surface area contributed by atoms with Crippen molar-refractivity contribution < 1.29 is 9.63 Å². The molecule has 7 nitrogen and oxygen atoms in total. The molecule has 1 amide bonds. The van der Waals surface area contributed by atoms with Crippen molar-refractivity contribution in [2.75, 3.05) is 5.73 Å². The number of nitrogens with zero attached hydrogens (tertiary/aromatic N) is 3. The van der Waals surface area contributed by atoms with E-state index in [4.69, 9.17) is 16.3 Å². The van der Waals surface area contributed by atoms with E-state index < -0.39 is 5.91 Å². The number of anilines is 1. The average Bonchev–Trinajstić information content (AvgIpc) is 2.89. The fourth-order valence-corrected chi connectivity index (χ4v) is 1.26. The minimum Gasteiger partial charge on any atom is -0.392 e. The van der Waals surface area contributed by atoms with E-state index in [-0.39, 0.29) is 22.8 Å². The summed E-state index contributed by atoms with van der Waals surface area (Å²) in [5.41, 5.74) is 10.4. The fourth-order valence-electron chi connectivity index (χ4n) is 0.828. The van der Waals surface area contributed by atoms with Gasteiger partial charge in [0, 0.05) is 11.5 Å². The Morgan fingerprint density at radius 1 is 1.60 bits per heavy atom. The topological polar surface area (TPSA) is 116 Å². The monoisotopic (exact) mass is 227 g/mol. The van der Waals surface area contributed by atoms with Gasteiger partial charge in [0.05, 0.1) is 0 Å². The first kappa shape index (κ1) is 9.84. The number of nitrogen functional groups attached to an aromatic ring is 1. The fraction of sp³-hybridized carbons (Fsp3) is 0.429. The van der Waals surface area contributed by atoms with E-state index in [0.29, 0.717) is 0 Å². The van der Waals surface area contributed by atoms with Gasteiger partial charge in [0.15, 0.2) is 5.13 Å². The van der Waals surface area contributed by atoms with Crippen molar-refractivity contribution in [3.8, 4) is 0 Å². The van der Waals surface area contributed by atoms with Crippen LogP contribution >= 0.6 is 11.5 Å². The molecule has 15 heavy (non-hydrogen) atoms. The van der Waals surface area contributed by atoms with Crippen LogP contribution in [0.1, 0.15) is 18.7 Å². The number of rotatable bonds is 4. The van der Waals surface area contributed by atoms with Gasteiger partial charge in [-0.3, -0.25) is 4.79 Å². The summed E-state index contributed by atoms with van der Waals surface area (Å²) in [6, 6.07) is 0. The maximum Gasteiger partial charge on any atom is 0.274 e. The smallest absolute Gasteiger partial charge is 0.274 e. The highest BCUT2D eigenvalue weighted by atomic mass is 32.1. The van der Waals surface area contributed by atoms with Crippen molar-refractivity contribution in [3.63, 3.8) is 0 Å². The van der Waals surface area contributed by atoms with Crippen LogP contribution in [0, 0.1) is 0 Å². The second-order valence-corrected chi connectivity index (χ2v) is 3.85. The lowest BCUT2D eigenvalue weighted by molar-refractivity contribution is -0.112. The highest BCUT2D eigenvalue weighted by Crippen LogP contribution is 2.23. The Labute approximate surface area is 89.3 Å². The first-order chi connectivity index (χ1) is 7.16. The lowest BCUT2D eigenvalue weighted by atomic mass is 10.3. The normalized spacial score (nSPS) is 16.4. The first-order valence-corrected chi connectivity index (χ1v) is 5.07. The molecule has 1 saturated carbocycles. The summed E-state index contributed by atoms with van der Waals surface area (Å²) in [6.45, 7) is 0. The molecule has 1 fully saturated rings. The Morgan fingerprint density at radius 2 is 2.33 bits per heavy atom. The molecule has 0 aliphatic heterocycles. The molecule has 2 rings (SSSR count). The van der Waals surface area contributed by atoms with Crippen molar-refractivity contribution in [2.45, 2.75) is 18.9 Å². The van der Waals surface area contributed by atoms with E-state index >= 15 is 0 Å². The third-order valence-electron chi connectivity index (χ3n) is 1.70. The van der Waals surface area contributed by atoms with Crippen LogP contribution < -0.4 is 11.5 Å². The SMILES string of the molecule is NC(=O)C(=NOC1CC1)c1nsc(N)n1. The van der Waals surface area contributed by atoms with Crippen molar-refractivity contribution in [3.05, 3.63) is 5.82 Å². The molecule has 1 aromatic heterocycles. The minimum absolute atomic E-state index is 0.0881. The quantitative estimate of drug-likeness (QED) is 0.530. The van der Waals surface area contributed by atoms with E-state index in [2.05, 4.69) is 14.5 Å². The van der Waals surface area contributed by atoms with Gasteiger partial charge in [0.25, 0.3) is 5.91 Å². The number of amides is 1. The molecule has 1 aliphatic carbocycles. The van der Waals surface area contributed by atoms with Crippen LogP contribution in [-0.4, -0.2) is 27.1 Å². The molecular weight excluding hydrogens is 218 g/mol. The molecule has 1 aliphatic rings. The number of oxime groups is 1. The highest BCUT2D eigenvalue weighted by molar-refractivity contribution is 7.09. The largest absolute Gasteiger partial charge is 0.392 e. The van der Waals surface area contributed by atoms with Gasteiger partial charge in [0.2, 0.25) is 11.5 Å². The van der Waals surface area contributed by atoms with Crippen LogP contribution in [0.3, 0.4) is 0 Å². The number of aromatic nitrogens is 2. The molecule has 0 saturated heterocycles. The maximum absolute atomic E-state index is 11.0. The van der Waals surface area contributed by atoms with E-state index in [9.17, 15) is 4.79 Å². The molecule has 0 bridgehead atoms. The lowest BCUT2D eigenvalue weighted by Crippen LogP contribution is -2.25. The van der Waals surface area contributed by atoms with Crippen LogP contribution in [0.5, 0.6) is 0 Å². The molecule has 0 unspecified atom stereocenters. The summed E-state index contributed by atoms with van der Waals surface area (Å²) in [5, 5.41) is 3.89. The number of carbonyl (C=O) groups excluding carboxylic acids is 1. The number of hydrogen-bond donors (Lipinski definition) is 2. The summed E-state index contributed by atoms with van der Waals surface area (Å²) >= 11 is 0.973. The summed E-state index contributed by atoms with van der Waals surface area (Å²) in [6.07, 6.45) is 1.99. The van der Waals surface area contributed by atoms with Gasteiger partial charge in [-0.15, -0.1) is 0 Å². The Balaban J connectivity index is 2.17. The summed E-state index contributed by atoms with van der Waals surface area (Å²) in [5.74, 6) is -0.612. The lowest BCUT2D eigenvalue weighted by Gasteiger charge is -1.97. The number of nitrogens with two attached hydrogens (primary N) is 2. The second-order valence-electron chi connectivity index (χ2n) is 3.07. The van der Waals surface area contributed by atoms with Gasteiger partial charge in [0.1, 0.15) is 6.10 Å². The van der Waals surface area contributed by atoms with Gasteiger partial charge >= 0.3 is 0 Å². The van der Waals surface area contributed by atoms with E-state index in [1.54, 1.807) is 0 Å². The van der Waals surface area contributed by atoms with Crippen LogP contribution in [0.2, 0.25) is 0 Å². The number of primary amides is 1. The average molecular weight is 227 g/mol. The Bertz CT molecular complexity index is 411. The number of carbonyl (C=O) groups is 1.